The molecule has 0 spiro atoms. The molecule has 0 rings (SSSR count). The van der Waals surface area contributed by atoms with Crippen LogP contribution in [0.4, 0.5) is 0 Å². The SMILES string of the molecule is O=S([O-])[O-].O=S([O-])[O-].O=S([O-])[O-].[NH4+].[Pt+2].[Rh+3]. The molecule has 0 aliphatic rings. The van der Waals surface area contributed by atoms with Gasteiger partial charge in [-0.05, 0) is 0 Å². The van der Waals surface area contributed by atoms with Gasteiger partial charge in [-0.2, -0.15) is 0 Å². The Kier molecular flexibility index (Phi) is 70.8. The van der Waals surface area contributed by atoms with Crippen LogP contribution in [0.1, 0.15) is 0 Å². The first-order valence-corrected chi connectivity index (χ1v) is 4.50. The summed E-state index contributed by atoms with van der Waals surface area (Å²) < 4.78 is 76.0. The fraction of sp³-hybridized carbons (Fsp3) is 0. The summed E-state index contributed by atoms with van der Waals surface area (Å²) in [5.74, 6) is 0. The average Bonchev–Trinajstić information content (AvgIpc) is 1.54. The third kappa shape index (κ3) is 1280. The molecule has 0 atom stereocenters. The molecule has 0 aliphatic carbocycles. The molecule has 0 heterocycles. The van der Waals surface area contributed by atoms with Crippen LogP contribution < -0.4 is 6.15 Å². The second-order valence-corrected chi connectivity index (χ2v) is 1.84. The molecule has 0 saturated carbocycles. The van der Waals surface area contributed by atoms with E-state index in [1.165, 1.54) is 0 Å². The topological polar surface area (TPSA) is 226 Å². The van der Waals surface area contributed by atoms with Crippen molar-refractivity contribution in [2.75, 3.05) is 0 Å². The van der Waals surface area contributed by atoms with Gasteiger partial charge in [0.25, 0.3) is 0 Å². The van der Waals surface area contributed by atoms with Crippen molar-refractivity contribution in [2.24, 2.45) is 0 Å². The largest absolute Gasteiger partial charge is 3.00 e. The van der Waals surface area contributed by atoms with Gasteiger partial charge in [0, 0.05) is 0 Å². The summed E-state index contributed by atoms with van der Waals surface area (Å²) >= 11 is -9.33. The molecule has 0 aromatic heterocycles. The fourth-order valence-corrected chi connectivity index (χ4v) is 0. The molecule has 4 N–H and O–H groups in total. The van der Waals surface area contributed by atoms with Crippen molar-refractivity contribution in [3.05, 3.63) is 0 Å². The minimum absolute atomic E-state index is 0. The molecule has 0 radical (unpaired) electrons. The van der Waals surface area contributed by atoms with Crippen molar-refractivity contribution in [1.29, 1.82) is 0 Å². The summed E-state index contributed by atoms with van der Waals surface area (Å²) in [6.07, 6.45) is 0. The summed E-state index contributed by atoms with van der Waals surface area (Å²) in [4.78, 5) is 0. The van der Waals surface area contributed by atoms with E-state index in [9.17, 15) is 0 Å². The van der Waals surface area contributed by atoms with Crippen LogP contribution in [0.3, 0.4) is 0 Å². The van der Waals surface area contributed by atoms with Crippen LogP contribution in [-0.4, -0.2) is 39.9 Å². The molecular formula is H4NO9PtRhS3. The molecule has 0 aromatic rings. The van der Waals surface area contributed by atoms with Gasteiger partial charge in [0.2, 0.25) is 0 Å². The molecule has 0 bridgehead atoms. The van der Waals surface area contributed by atoms with E-state index in [1.54, 1.807) is 0 Å². The van der Waals surface area contributed by atoms with Crippen LogP contribution in [0.15, 0.2) is 0 Å². The van der Waals surface area contributed by atoms with E-state index in [1.807, 2.05) is 0 Å². The van der Waals surface area contributed by atoms with Crippen molar-refractivity contribution in [2.45, 2.75) is 0 Å². The number of quaternary nitrogens is 1. The van der Waals surface area contributed by atoms with E-state index in [0.717, 1.165) is 0 Å². The number of rotatable bonds is 0. The van der Waals surface area contributed by atoms with Crippen molar-refractivity contribution in [3.8, 4) is 0 Å². The first-order valence-electron chi connectivity index (χ1n) is 1.50. The molecule has 0 unspecified atom stereocenters. The van der Waals surface area contributed by atoms with E-state index in [4.69, 9.17) is 39.9 Å². The molecule has 0 aromatic carbocycles. The molecule has 0 aliphatic heterocycles. The van der Waals surface area contributed by atoms with Gasteiger partial charge in [0.15, 0.2) is 0 Å². The van der Waals surface area contributed by atoms with Crippen LogP contribution in [-0.2, 0) is 74.6 Å². The van der Waals surface area contributed by atoms with E-state index in [-0.39, 0.29) is 46.7 Å². The minimum Gasteiger partial charge on any atom is -0.784 e. The van der Waals surface area contributed by atoms with Crippen molar-refractivity contribution >= 4 is 34.1 Å². The number of hydrogen-bond acceptors (Lipinski definition) is 9. The zero-order chi connectivity index (χ0) is 10.7. The van der Waals surface area contributed by atoms with Gasteiger partial charge in [-0.25, -0.2) is 0 Å². The Balaban J connectivity index is -0.0000000184. The predicted molar refractivity (Wildman–Crippen MR) is 35.1 cm³/mol. The van der Waals surface area contributed by atoms with Gasteiger partial charge in [0.05, 0.1) is 0 Å². The predicted octanol–water partition coefficient (Wildman–Crippen LogP) is -2.64. The third-order valence-electron chi connectivity index (χ3n) is 0. The first-order chi connectivity index (χ1) is 5.20. The van der Waals surface area contributed by atoms with E-state index in [2.05, 4.69) is 0 Å². The molecular weight excluding hydrogens is 552 g/mol. The summed E-state index contributed by atoms with van der Waals surface area (Å²) in [5.41, 5.74) is 0. The van der Waals surface area contributed by atoms with Crippen molar-refractivity contribution in [1.82, 2.24) is 6.15 Å². The first kappa shape index (κ1) is 36.0. The summed E-state index contributed by atoms with van der Waals surface area (Å²) in [6.45, 7) is 0. The standard InChI is InChI=1S/H3N.3H2O3S.Pt.Rh/c;3*1-4(2)3;;/h1H3;3*(H2,1,2,3);;/q;;;;+2;+3/p-5. The van der Waals surface area contributed by atoms with Crippen LogP contribution >= 0.6 is 0 Å². The Morgan fingerprint density at radius 1 is 0.600 bits per heavy atom. The van der Waals surface area contributed by atoms with Crippen LogP contribution in [0.2, 0.25) is 0 Å². The summed E-state index contributed by atoms with van der Waals surface area (Å²) in [6, 6.07) is 0. The normalized spacial score (nSPS) is 7.00. The monoisotopic (exact) mass is 556 g/mol. The van der Waals surface area contributed by atoms with E-state index >= 15 is 0 Å². The Morgan fingerprint density at radius 2 is 0.600 bits per heavy atom. The molecule has 10 nitrogen and oxygen atoms in total. The Labute approximate surface area is 120 Å². The Bertz CT molecular complexity index is 123. The molecule has 0 amide bonds. The molecule has 100 valence electrons. The minimum atomic E-state index is -3.11. The van der Waals surface area contributed by atoms with Gasteiger partial charge >= 0.3 is 40.5 Å². The Hall–Kier alpha value is 1.48. The molecule has 15 heavy (non-hydrogen) atoms. The van der Waals surface area contributed by atoms with Gasteiger partial charge in [-0.1, -0.05) is 0 Å². The van der Waals surface area contributed by atoms with Gasteiger partial charge < -0.3 is 33.5 Å². The Morgan fingerprint density at radius 3 is 0.600 bits per heavy atom. The summed E-state index contributed by atoms with van der Waals surface area (Å²) in [5, 5.41) is 0. The van der Waals surface area contributed by atoms with Crippen LogP contribution in [0.25, 0.3) is 0 Å². The van der Waals surface area contributed by atoms with Gasteiger partial charge in [0.1, 0.15) is 0 Å². The second-order valence-electron chi connectivity index (χ2n) is 0.612. The quantitative estimate of drug-likeness (QED) is 0.243. The fourth-order valence-electron chi connectivity index (χ4n) is 0. The zero-order valence-electron chi connectivity index (χ0n) is 6.55. The molecule has 15 heteroatoms. The zero-order valence-corrected chi connectivity index (χ0v) is 12.9. The van der Waals surface area contributed by atoms with Gasteiger partial charge in [-0.15, -0.1) is 34.1 Å². The smallest absolute Gasteiger partial charge is 0.784 e. The second kappa shape index (κ2) is 29.6. The maximum atomic E-state index is 8.44. The van der Waals surface area contributed by atoms with E-state index in [0.29, 0.717) is 0 Å². The average molecular weight is 556 g/mol. The van der Waals surface area contributed by atoms with Gasteiger partial charge in [-0.3, -0.25) is 12.6 Å². The maximum Gasteiger partial charge on any atom is 3.00 e. The molecule has 0 saturated heterocycles. The van der Waals surface area contributed by atoms with Crippen LogP contribution in [0, 0.1) is 0 Å². The number of hydrogen-bond donors (Lipinski definition) is 1. The third-order valence-corrected chi connectivity index (χ3v) is 0. The van der Waals surface area contributed by atoms with E-state index < -0.39 is 34.1 Å². The van der Waals surface area contributed by atoms with Crippen LogP contribution in [0.5, 0.6) is 0 Å². The van der Waals surface area contributed by atoms with Crippen molar-refractivity contribution < 1.29 is 80.5 Å². The summed E-state index contributed by atoms with van der Waals surface area (Å²) in [7, 11) is 0. The molecule has 0 fully saturated rings. The maximum absolute atomic E-state index is 8.44. The van der Waals surface area contributed by atoms with Crippen molar-refractivity contribution in [3.63, 3.8) is 0 Å².